The van der Waals surface area contributed by atoms with E-state index in [9.17, 15) is 8.42 Å². The van der Waals surface area contributed by atoms with Crippen molar-refractivity contribution in [1.29, 1.82) is 0 Å². The Morgan fingerprint density at radius 1 is 0.867 bits per heavy atom. The zero-order valence-corrected chi connectivity index (χ0v) is 19.3. The zero-order chi connectivity index (χ0) is 21.5. The molecule has 3 nitrogen and oxygen atoms in total. The smallest absolute Gasteiger partial charge is 0.176 e. The van der Waals surface area contributed by atoms with E-state index < -0.39 is 9.84 Å². The summed E-state index contributed by atoms with van der Waals surface area (Å²) in [5.41, 5.74) is 3.91. The molecule has 7 heteroatoms. The van der Waals surface area contributed by atoms with Crippen LogP contribution in [0.3, 0.4) is 0 Å². The molecule has 0 atom stereocenters. The molecular formula is C23H17Cl2NO2S2. The van der Waals surface area contributed by atoms with Gasteiger partial charge < -0.3 is 0 Å². The summed E-state index contributed by atoms with van der Waals surface area (Å²) in [6.07, 6.45) is 1.22. The molecule has 0 aliphatic rings. The number of nitrogens with zero attached hydrogens (tertiary/aromatic N) is 1. The van der Waals surface area contributed by atoms with Crippen LogP contribution in [0.4, 0.5) is 0 Å². The van der Waals surface area contributed by atoms with Crippen LogP contribution in [0.1, 0.15) is 5.56 Å². The third kappa shape index (κ3) is 4.03. The average molecular weight is 474 g/mol. The van der Waals surface area contributed by atoms with Gasteiger partial charge in [-0.05, 0) is 36.8 Å². The molecule has 0 bridgehead atoms. The molecule has 3 aromatic carbocycles. The fraction of sp³-hybridized carbons (Fsp3) is 0.0870. The average Bonchev–Trinajstić information content (AvgIpc) is 3.15. The van der Waals surface area contributed by atoms with Crippen molar-refractivity contribution in [1.82, 2.24) is 4.98 Å². The second-order valence-corrected chi connectivity index (χ2v) is 10.7. The Bertz CT molecular complexity index is 1360. The van der Waals surface area contributed by atoms with Crippen LogP contribution in [0, 0.1) is 6.92 Å². The number of hydrogen-bond acceptors (Lipinski definition) is 4. The lowest BCUT2D eigenvalue weighted by molar-refractivity contribution is 0.602. The van der Waals surface area contributed by atoms with Gasteiger partial charge >= 0.3 is 0 Å². The Balaban J connectivity index is 2.03. The minimum Gasteiger partial charge on any atom is -0.235 e. The van der Waals surface area contributed by atoms with E-state index in [-0.39, 0.29) is 4.90 Å². The highest BCUT2D eigenvalue weighted by atomic mass is 35.5. The van der Waals surface area contributed by atoms with Crippen molar-refractivity contribution in [3.8, 4) is 32.3 Å². The molecule has 0 spiro atoms. The fourth-order valence-electron chi connectivity index (χ4n) is 3.22. The lowest BCUT2D eigenvalue weighted by atomic mass is 10.0. The van der Waals surface area contributed by atoms with Crippen LogP contribution < -0.4 is 0 Å². The number of aromatic nitrogens is 1. The molecular weight excluding hydrogens is 457 g/mol. The van der Waals surface area contributed by atoms with Crippen molar-refractivity contribution >= 4 is 44.4 Å². The van der Waals surface area contributed by atoms with Gasteiger partial charge in [0.05, 0.1) is 20.5 Å². The van der Waals surface area contributed by atoms with Crippen LogP contribution in [0.2, 0.25) is 10.0 Å². The quantitative estimate of drug-likeness (QED) is 0.315. The highest BCUT2D eigenvalue weighted by Gasteiger charge is 2.22. The van der Waals surface area contributed by atoms with Gasteiger partial charge in [-0.25, -0.2) is 13.4 Å². The summed E-state index contributed by atoms with van der Waals surface area (Å²) >= 11 is 14.1. The number of benzene rings is 3. The first-order chi connectivity index (χ1) is 14.3. The molecule has 0 saturated heterocycles. The van der Waals surface area contributed by atoms with Gasteiger partial charge in [0.25, 0.3) is 0 Å². The van der Waals surface area contributed by atoms with E-state index in [1.807, 2.05) is 61.5 Å². The molecule has 0 fully saturated rings. The van der Waals surface area contributed by atoms with E-state index in [1.54, 1.807) is 12.1 Å². The van der Waals surface area contributed by atoms with Gasteiger partial charge in [0, 0.05) is 28.0 Å². The van der Waals surface area contributed by atoms with Crippen molar-refractivity contribution in [2.45, 2.75) is 11.8 Å². The van der Waals surface area contributed by atoms with Gasteiger partial charge in [-0.15, -0.1) is 11.3 Å². The summed E-state index contributed by atoms with van der Waals surface area (Å²) < 4.78 is 24.9. The molecule has 0 radical (unpaired) electrons. The Kier molecular flexibility index (Phi) is 5.73. The highest BCUT2D eigenvalue weighted by Crippen LogP contribution is 2.44. The number of aryl methyl sites for hydroxylation is 1. The minimum atomic E-state index is -3.43. The maximum atomic E-state index is 12.5. The molecule has 4 aromatic rings. The monoisotopic (exact) mass is 473 g/mol. The summed E-state index contributed by atoms with van der Waals surface area (Å²) in [6.45, 7) is 1.93. The van der Waals surface area contributed by atoms with Crippen LogP contribution in [-0.4, -0.2) is 19.7 Å². The summed E-state index contributed by atoms with van der Waals surface area (Å²) in [7, 11) is -3.43. The normalized spacial score (nSPS) is 11.6. The molecule has 1 heterocycles. The van der Waals surface area contributed by atoms with E-state index in [2.05, 4.69) is 0 Å². The predicted molar refractivity (Wildman–Crippen MR) is 126 cm³/mol. The molecule has 0 N–H and O–H groups in total. The Labute approximate surface area is 189 Å². The third-order valence-electron chi connectivity index (χ3n) is 4.69. The maximum absolute atomic E-state index is 12.5. The van der Waals surface area contributed by atoms with Crippen molar-refractivity contribution in [2.24, 2.45) is 0 Å². The Morgan fingerprint density at radius 2 is 1.53 bits per heavy atom. The number of halogens is 2. The molecule has 0 saturated carbocycles. The molecule has 0 aliphatic carbocycles. The van der Waals surface area contributed by atoms with Crippen molar-refractivity contribution in [3.05, 3.63) is 82.3 Å². The first-order valence-electron chi connectivity index (χ1n) is 9.07. The molecule has 0 unspecified atom stereocenters. The molecule has 30 heavy (non-hydrogen) atoms. The highest BCUT2D eigenvalue weighted by molar-refractivity contribution is 7.90. The van der Waals surface area contributed by atoms with Crippen molar-refractivity contribution < 1.29 is 8.42 Å². The van der Waals surface area contributed by atoms with Crippen LogP contribution in [0.5, 0.6) is 0 Å². The predicted octanol–water partition coefficient (Wildman–Crippen LogP) is 7.16. The second-order valence-electron chi connectivity index (χ2n) is 6.91. The van der Waals surface area contributed by atoms with Crippen LogP contribution in [0.15, 0.2) is 71.6 Å². The number of rotatable bonds is 4. The number of thiazole rings is 1. The van der Waals surface area contributed by atoms with E-state index in [4.69, 9.17) is 28.2 Å². The number of hydrogen-bond donors (Lipinski definition) is 0. The Hall–Kier alpha value is -2.18. The van der Waals surface area contributed by atoms with E-state index >= 15 is 0 Å². The molecule has 0 amide bonds. The topological polar surface area (TPSA) is 47.0 Å². The van der Waals surface area contributed by atoms with Gasteiger partial charge in [0.15, 0.2) is 9.84 Å². The van der Waals surface area contributed by atoms with E-state index in [0.717, 1.165) is 26.6 Å². The van der Waals surface area contributed by atoms with E-state index in [0.29, 0.717) is 21.3 Å². The van der Waals surface area contributed by atoms with Crippen LogP contribution in [0.25, 0.3) is 32.3 Å². The first-order valence-corrected chi connectivity index (χ1v) is 12.5. The second kappa shape index (κ2) is 8.16. The fourth-order valence-corrected chi connectivity index (χ4v) is 5.74. The summed E-state index contributed by atoms with van der Waals surface area (Å²) in [5.74, 6) is 0. The zero-order valence-electron chi connectivity index (χ0n) is 16.2. The molecule has 152 valence electrons. The molecule has 4 rings (SSSR count). The first kappa shape index (κ1) is 21.1. The van der Waals surface area contributed by atoms with Gasteiger partial charge in [-0.1, -0.05) is 65.7 Å². The third-order valence-corrected chi connectivity index (χ3v) is 7.72. The molecule has 1 aromatic heterocycles. The lowest BCUT2D eigenvalue weighted by Gasteiger charge is -2.09. The van der Waals surface area contributed by atoms with Gasteiger partial charge in [0.2, 0.25) is 0 Å². The van der Waals surface area contributed by atoms with Gasteiger partial charge in [-0.2, -0.15) is 0 Å². The van der Waals surface area contributed by atoms with Crippen LogP contribution >= 0.6 is 34.5 Å². The van der Waals surface area contributed by atoms with Crippen molar-refractivity contribution in [2.75, 3.05) is 6.26 Å². The van der Waals surface area contributed by atoms with E-state index in [1.165, 1.54) is 17.6 Å². The van der Waals surface area contributed by atoms with Gasteiger partial charge in [-0.3, -0.25) is 0 Å². The number of sulfone groups is 1. The maximum Gasteiger partial charge on any atom is 0.176 e. The van der Waals surface area contributed by atoms with Gasteiger partial charge in [0.1, 0.15) is 5.01 Å². The SMILES string of the molecule is Cc1cc(-c2nc(-c3ccccc3Cl)sc2-c2ccccc2S(C)(=O)=O)ccc1Cl. The standard InChI is InChI=1S/C23H17Cl2NO2S2/c1-14-13-15(11-12-18(14)24)21-22(17-8-4-6-10-20(17)30(2,27)28)29-23(26-21)16-7-3-5-9-19(16)25/h3-13H,1-2H3. The lowest BCUT2D eigenvalue weighted by Crippen LogP contribution is -1.99. The summed E-state index contributed by atoms with van der Waals surface area (Å²) in [6, 6.07) is 20.2. The van der Waals surface area contributed by atoms with Crippen molar-refractivity contribution in [3.63, 3.8) is 0 Å². The summed E-state index contributed by atoms with van der Waals surface area (Å²) in [5, 5.41) is 1.98. The summed E-state index contributed by atoms with van der Waals surface area (Å²) in [4.78, 5) is 5.92. The molecule has 0 aliphatic heterocycles. The largest absolute Gasteiger partial charge is 0.235 e. The Morgan fingerprint density at radius 3 is 2.20 bits per heavy atom. The minimum absolute atomic E-state index is 0.270. The van der Waals surface area contributed by atoms with Crippen LogP contribution in [-0.2, 0) is 9.84 Å².